The molecule has 1 saturated heterocycles. The number of halogens is 4. The van der Waals surface area contributed by atoms with Crippen LogP contribution in [-0.2, 0) is 0 Å². The molecule has 1 atom stereocenters. The van der Waals surface area contributed by atoms with E-state index in [1.165, 1.54) is 0 Å². The second-order valence-corrected chi connectivity index (χ2v) is 9.96. The summed E-state index contributed by atoms with van der Waals surface area (Å²) in [6.07, 6.45) is -3.04. The van der Waals surface area contributed by atoms with Crippen molar-refractivity contribution in [3.8, 4) is 0 Å². The van der Waals surface area contributed by atoms with Crippen LogP contribution in [0, 0.1) is 0 Å². The Labute approximate surface area is 84.1 Å². The van der Waals surface area contributed by atoms with Crippen LogP contribution in [0.2, 0.25) is 0 Å². The first-order valence-corrected chi connectivity index (χ1v) is 9.72. The van der Waals surface area contributed by atoms with E-state index in [0.717, 1.165) is 6.42 Å². The Hall–Kier alpha value is 0.480. The van der Waals surface area contributed by atoms with Gasteiger partial charge < -0.3 is 0 Å². The van der Waals surface area contributed by atoms with Crippen molar-refractivity contribution in [2.75, 3.05) is 29.5 Å². The normalized spacial score (nSPS) is 26.5. The van der Waals surface area contributed by atoms with Gasteiger partial charge in [-0.15, -0.1) is 0 Å². The molecule has 0 aromatic carbocycles. The average Bonchev–Trinajstić information content (AvgIpc) is 2.31. The van der Waals surface area contributed by atoms with Gasteiger partial charge in [-0.2, -0.15) is 0 Å². The summed E-state index contributed by atoms with van der Waals surface area (Å²) >= 11 is -0.897. The summed E-state index contributed by atoms with van der Waals surface area (Å²) in [6.45, 7) is 0.602. The van der Waals surface area contributed by atoms with Gasteiger partial charge in [-0.25, -0.2) is 0 Å². The molecule has 0 N–H and O–H groups in total. The molecular weight excluding hydrogens is 294 g/mol. The maximum atomic E-state index is 12.0. The third kappa shape index (κ3) is 4.01. The van der Waals surface area contributed by atoms with Crippen LogP contribution < -0.4 is 0 Å². The standard InChI is InChI=1S/C8H15F3IN/c1-12(2)7-3-4-13(5-7)6-8(9,10)11/h7H,3-6H2,1-2H3. The van der Waals surface area contributed by atoms with Crippen molar-refractivity contribution in [3.05, 3.63) is 0 Å². The zero-order valence-corrected chi connectivity index (χ0v) is 10.0. The molecule has 0 saturated carbocycles. The molecule has 1 fully saturated rings. The molecule has 0 spiro atoms. The first kappa shape index (κ1) is 11.6. The molecule has 0 aromatic heterocycles. The first-order chi connectivity index (χ1) is 5.88. The molecule has 1 unspecified atom stereocenters. The Morgan fingerprint density at radius 2 is 2.00 bits per heavy atom. The summed E-state index contributed by atoms with van der Waals surface area (Å²) in [5.41, 5.74) is 0. The molecule has 1 aliphatic heterocycles. The van der Waals surface area contributed by atoms with Gasteiger partial charge in [-0.3, -0.25) is 0 Å². The Balaban J connectivity index is 2.33. The van der Waals surface area contributed by atoms with Crippen LogP contribution in [-0.4, -0.2) is 44.5 Å². The van der Waals surface area contributed by atoms with Crippen LogP contribution in [0.15, 0.2) is 0 Å². The van der Waals surface area contributed by atoms with Crippen molar-refractivity contribution in [1.82, 2.24) is 4.90 Å². The molecular formula is C8H15F3IN. The van der Waals surface area contributed by atoms with Crippen LogP contribution in [0.1, 0.15) is 6.42 Å². The summed E-state index contributed by atoms with van der Waals surface area (Å²) in [6, 6.07) is 0. The number of likely N-dealkylation sites (tertiary alicyclic amines) is 1. The Morgan fingerprint density at radius 1 is 1.38 bits per heavy atom. The zero-order chi connectivity index (χ0) is 10.1. The molecule has 0 radical (unpaired) electrons. The monoisotopic (exact) mass is 309 g/mol. The number of hydrogen-bond donors (Lipinski definition) is 0. The van der Waals surface area contributed by atoms with Crippen LogP contribution in [0.25, 0.3) is 0 Å². The predicted molar refractivity (Wildman–Crippen MR) is 56.8 cm³/mol. The minimum absolute atomic E-state index is 0.603. The minimum atomic E-state index is -4.02. The first-order valence-electron chi connectivity index (χ1n) is 4.16. The second kappa shape index (κ2) is 4.33. The van der Waals surface area contributed by atoms with Crippen LogP contribution in [0.4, 0.5) is 13.2 Å². The van der Waals surface area contributed by atoms with Gasteiger partial charge in [-0.05, 0) is 0 Å². The summed E-state index contributed by atoms with van der Waals surface area (Å²) in [5.74, 6) is 0. The number of hydrogen-bond acceptors (Lipinski definition) is 1. The SMILES string of the molecule is CI(C)C1CCN(CC(F)(F)F)C1. The van der Waals surface area contributed by atoms with E-state index in [-0.39, 0.29) is 0 Å². The van der Waals surface area contributed by atoms with Crippen molar-refractivity contribution in [2.24, 2.45) is 0 Å². The van der Waals surface area contributed by atoms with E-state index in [4.69, 9.17) is 0 Å². The van der Waals surface area contributed by atoms with Gasteiger partial charge in [0.05, 0.1) is 0 Å². The molecule has 1 aliphatic rings. The van der Waals surface area contributed by atoms with E-state index in [1.54, 1.807) is 4.90 Å². The van der Waals surface area contributed by atoms with Crippen LogP contribution in [0.5, 0.6) is 0 Å². The fraction of sp³-hybridized carbons (Fsp3) is 1.00. The fourth-order valence-corrected chi connectivity index (χ4v) is 4.41. The van der Waals surface area contributed by atoms with Crippen molar-refractivity contribution in [1.29, 1.82) is 0 Å². The quantitative estimate of drug-likeness (QED) is 0.559. The average molecular weight is 309 g/mol. The summed E-state index contributed by atoms with van der Waals surface area (Å²) in [7, 11) is 0. The molecule has 0 aromatic rings. The van der Waals surface area contributed by atoms with Crippen LogP contribution in [0.3, 0.4) is 0 Å². The Bertz CT molecular complexity index is 169. The topological polar surface area (TPSA) is 3.24 Å². The second-order valence-electron chi connectivity index (χ2n) is 3.55. The molecule has 1 heterocycles. The van der Waals surface area contributed by atoms with Gasteiger partial charge >= 0.3 is 83.9 Å². The molecule has 0 amide bonds. The molecule has 80 valence electrons. The predicted octanol–water partition coefficient (Wildman–Crippen LogP) is 2.39. The third-order valence-corrected chi connectivity index (χ3v) is 6.77. The van der Waals surface area contributed by atoms with Gasteiger partial charge in [0, 0.05) is 0 Å². The van der Waals surface area contributed by atoms with Crippen LogP contribution >= 0.6 is 19.8 Å². The fourth-order valence-electron chi connectivity index (χ4n) is 1.54. The van der Waals surface area contributed by atoms with E-state index in [1.807, 2.05) is 0 Å². The molecule has 5 heteroatoms. The van der Waals surface area contributed by atoms with Crippen molar-refractivity contribution in [3.63, 3.8) is 0 Å². The summed E-state index contributed by atoms with van der Waals surface area (Å²) in [4.78, 5) is 6.00. The number of alkyl halides is 6. The van der Waals surface area contributed by atoms with Gasteiger partial charge in [0.2, 0.25) is 0 Å². The summed E-state index contributed by atoms with van der Waals surface area (Å²) < 4.78 is 36.6. The van der Waals surface area contributed by atoms with Gasteiger partial charge in [0.25, 0.3) is 0 Å². The zero-order valence-electron chi connectivity index (χ0n) is 7.86. The third-order valence-electron chi connectivity index (χ3n) is 2.23. The Morgan fingerprint density at radius 3 is 2.38 bits per heavy atom. The maximum absolute atomic E-state index is 12.0. The van der Waals surface area contributed by atoms with Gasteiger partial charge in [0.1, 0.15) is 0 Å². The van der Waals surface area contributed by atoms with E-state index in [2.05, 4.69) is 9.86 Å². The molecule has 1 rings (SSSR count). The molecule has 13 heavy (non-hydrogen) atoms. The van der Waals surface area contributed by atoms with Crippen molar-refractivity contribution >= 4 is 19.8 Å². The van der Waals surface area contributed by atoms with E-state index < -0.39 is 32.5 Å². The van der Waals surface area contributed by atoms with E-state index in [0.29, 0.717) is 17.0 Å². The van der Waals surface area contributed by atoms with E-state index in [9.17, 15) is 13.2 Å². The number of nitrogens with zero attached hydrogens (tertiary/aromatic N) is 1. The van der Waals surface area contributed by atoms with Crippen molar-refractivity contribution < 1.29 is 13.2 Å². The molecule has 0 aliphatic carbocycles. The molecule has 0 bridgehead atoms. The Kier molecular flexibility index (Phi) is 3.85. The number of rotatable bonds is 2. The van der Waals surface area contributed by atoms with E-state index >= 15 is 0 Å². The van der Waals surface area contributed by atoms with Gasteiger partial charge in [0.15, 0.2) is 0 Å². The van der Waals surface area contributed by atoms with Gasteiger partial charge in [-0.1, -0.05) is 0 Å². The van der Waals surface area contributed by atoms with Crippen molar-refractivity contribution in [2.45, 2.75) is 16.5 Å². The molecule has 1 nitrogen and oxygen atoms in total. The summed E-state index contributed by atoms with van der Waals surface area (Å²) in [5, 5.41) is 0.